The van der Waals surface area contributed by atoms with Crippen LogP contribution in [0.4, 0.5) is 0 Å². The lowest BCUT2D eigenvalue weighted by Crippen LogP contribution is -2.21. The molecule has 32 heavy (non-hydrogen) atoms. The van der Waals surface area contributed by atoms with E-state index in [0.29, 0.717) is 24.2 Å². The van der Waals surface area contributed by atoms with Crippen molar-refractivity contribution in [1.82, 2.24) is 29.1 Å². The van der Waals surface area contributed by atoms with Crippen LogP contribution in [0.1, 0.15) is 6.92 Å². The fraction of sp³-hybridized carbons (Fsp3) is 0.174. The zero-order chi connectivity index (χ0) is 22.2. The van der Waals surface area contributed by atoms with Crippen molar-refractivity contribution >= 4 is 21.9 Å². The molecular weight excluding hydrogens is 408 g/mol. The third-order valence-electron chi connectivity index (χ3n) is 5.30. The SMILES string of the molecule is CCOc1ccc(-n2c(=O)n(C)c3cnc4ccc(-c5cnc(OC)nc5)cc4c32)cn1. The number of ether oxygens (including phenoxy) is 2. The van der Waals surface area contributed by atoms with E-state index < -0.39 is 0 Å². The van der Waals surface area contributed by atoms with Crippen molar-refractivity contribution in [3.63, 3.8) is 0 Å². The summed E-state index contributed by atoms with van der Waals surface area (Å²) in [6.07, 6.45) is 6.76. The molecule has 0 aliphatic carbocycles. The highest BCUT2D eigenvalue weighted by Crippen LogP contribution is 2.29. The molecule has 0 fully saturated rings. The number of pyridine rings is 2. The van der Waals surface area contributed by atoms with Crippen LogP contribution in [0.15, 0.2) is 59.9 Å². The second kappa shape index (κ2) is 7.77. The maximum Gasteiger partial charge on any atom is 0.333 e. The van der Waals surface area contributed by atoms with Gasteiger partial charge in [0.25, 0.3) is 0 Å². The molecule has 1 aromatic carbocycles. The normalized spacial score (nSPS) is 11.2. The summed E-state index contributed by atoms with van der Waals surface area (Å²) in [5.41, 5.74) is 4.45. The van der Waals surface area contributed by atoms with Gasteiger partial charge in [-0.15, -0.1) is 0 Å². The number of imidazole rings is 1. The zero-order valence-corrected chi connectivity index (χ0v) is 17.8. The van der Waals surface area contributed by atoms with Crippen LogP contribution in [0.2, 0.25) is 0 Å². The summed E-state index contributed by atoms with van der Waals surface area (Å²) in [4.78, 5) is 30.4. The van der Waals surface area contributed by atoms with Gasteiger partial charge in [0.15, 0.2) is 0 Å². The number of hydrogen-bond acceptors (Lipinski definition) is 7. The van der Waals surface area contributed by atoms with E-state index in [2.05, 4.69) is 19.9 Å². The van der Waals surface area contributed by atoms with E-state index in [-0.39, 0.29) is 5.69 Å². The summed E-state index contributed by atoms with van der Waals surface area (Å²) < 4.78 is 13.7. The first-order chi connectivity index (χ1) is 15.6. The topological polar surface area (TPSA) is 97.0 Å². The van der Waals surface area contributed by atoms with Gasteiger partial charge in [-0.25, -0.2) is 19.7 Å². The lowest BCUT2D eigenvalue weighted by Gasteiger charge is -2.08. The first-order valence-electron chi connectivity index (χ1n) is 10.1. The van der Waals surface area contributed by atoms with Crippen molar-refractivity contribution < 1.29 is 9.47 Å². The van der Waals surface area contributed by atoms with Gasteiger partial charge >= 0.3 is 11.7 Å². The quantitative estimate of drug-likeness (QED) is 0.424. The molecule has 0 bridgehead atoms. The number of nitrogens with zero attached hydrogens (tertiary/aromatic N) is 6. The fourth-order valence-corrected chi connectivity index (χ4v) is 3.73. The number of fused-ring (bicyclic) bond motifs is 3. The number of aryl methyl sites for hydroxylation is 1. The minimum atomic E-state index is -0.182. The summed E-state index contributed by atoms with van der Waals surface area (Å²) in [5, 5.41) is 0.836. The highest BCUT2D eigenvalue weighted by atomic mass is 16.5. The molecule has 9 heteroatoms. The van der Waals surface area contributed by atoms with Crippen LogP contribution in [-0.2, 0) is 7.05 Å². The Bertz CT molecular complexity index is 1490. The van der Waals surface area contributed by atoms with Crippen molar-refractivity contribution in [1.29, 1.82) is 0 Å². The van der Waals surface area contributed by atoms with Crippen LogP contribution in [-0.4, -0.2) is 42.8 Å². The first-order valence-corrected chi connectivity index (χ1v) is 10.1. The van der Waals surface area contributed by atoms with Gasteiger partial charge in [0.05, 0.1) is 48.3 Å². The van der Waals surface area contributed by atoms with Gasteiger partial charge < -0.3 is 9.47 Å². The number of aromatic nitrogens is 6. The molecule has 9 nitrogen and oxygen atoms in total. The Balaban J connectivity index is 1.75. The Morgan fingerprint density at radius 3 is 2.44 bits per heavy atom. The molecule has 0 saturated heterocycles. The summed E-state index contributed by atoms with van der Waals surface area (Å²) in [5.74, 6) is 0.512. The molecule has 5 rings (SSSR count). The molecule has 5 aromatic rings. The van der Waals surface area contributed by atoms with Crippen LogP contribution in [0.3, 0.4) is 0 Å². The minimum Gasteiger partial charge on any atom is -0.478 e. The van der Waals surface area contributed by atoms with Crippen LogP contribution < -0.4 is 15.2 Å². The number of hydrogen-bond donors (Lipinski definition) is 0. The summed E-state index contributed by atoms with van der Waals surface area (Å²) in [7, 11) is 3.26. The molecule has 0 radical (unpaired) electrons. The molecule has 0 aliphatic rings. The van der Waals surface area contributed by atoms with Crippen molar-refractivity contribution in [3.8, 4) is 28.7 Å². The predicted octanol–water partition coefficient (Wildman–Crippen LogP) is 3.14. The van der Waals surface area contributed by atoms with Gasteiger partial charge in [-0.05, 0) is 30.7 Å². The molecule has 0 amide bonds. The highest BCUT2D eigenvalue weighted by molar-refractivity contribution is 6.04. The molecule has 0 atom stereocenters. The Hall–Kier alpha value is -4.27. The maximum atomic E-state index is 13.2. The number of rotatable bonds is 5. The van der Waals surface area contributed by atoms with Gasteiger partial charge in [0, 0.05) is 36.5 Å². The average molecular weight is 428 g/mol. The Kier molecular flexibility index (Phi) is 4.78. The minimum absolute atomic E-state index is 0.182. The van der Waals surface area contributed by atoms with E-state index in [4.69, 9.17) is 9.47 Å². The molecular formula is C23H20N6O3. The molecule has 4 aromatic heterocycles. The van der Waals surface area contributed by atoms with Crippen molar-refractivity contribution in [2.45, 2.75) is 6.92 Å². The molecule has 0 spiro atoms. The van der Waals surface area contributed by atoms with Crippen LogP contribution in [0.5, 0.6) is 11.9 Å². The molecule has 4 heterocycles. The third kappa shape index (κ3) is 3.15. The van der Waals surface area contributed by atoms with E-state index >= 15 is 0 Å². The molecule has 0 unspecified atom stereocenters. The Morgan fingerprint density at radius 2 is 1.75 bits per heavy atom. The Morgan fingerprint density at radius 1 is 0.938 bits per heavy atom. The molecule has 160 valence electrons. The van der Waals surface area contributed by atoms with E-state index in [0.717, 1.165) is 33.1 Å². The van der Waals surface area contributed by atoms with Crippen LogP contribution in [0, 0.1) is 0 Å². The lowest BCUT2D eigenvalue weighted by atomic mass is 10.1. The Labute approximate surface area is 182 Å². The summed E-state index contributed by atoms with van der Waals surface area (Å²) in [6.45, 7) is 2.42. The molecule has 0 saturated carbocycles. The van der Waals surface area contributed by atoms with Gasteiger partial charge in [0.2, 0.25) is 5.88 Å². The molecule has 0 N–H and O–H groups in total. The van der Waals surface area contributed by atoms with Crippen LogP contribution in [0.25, 0.3) is 38.8 Å². The van der Waals surface area contributed by atoms with Crippen molar-refractivity contribution in [2.75, 3.05) is 13.7 Å². The molecule has 0 aliphatic heterocycles. The van der Waals surface area contributed by atoms with Gasteiger partial charge in [-0.1, -0.05) is 6.07 Å². The third-order valence-corrected chi connectivity index (χ3v) is 5.30. The van der Waals surface area contributed by atoms with Gasteiger partial charge in [0.1, 0.15) is 0 Å². The monoisotopic (exact) mass is 428 g/mol. The lowest BCUT2D eigenvalue weighted by molar-refractivity contribution is 0.327. The smallest absolute Gasteiger partial charge is 0.333 e. The number of benzene rings is 1. The second-order valence-corrected chi connectivity index (χ2v) is 7.15. The second-order valence-electron chi connectivity index (χ2n) is 7.15. The van der Waals surface area contributed by atoms with E-state index in [9.17, 15) is 4.79 Å². The maximum absolute atomic E-state index is 13.2. The first kappa shape index (κ1) is 19.7. The highest BCUT2D eigenvalue weighted by Gasteiger charge is 2.17. The van der Waals surface area contributed by atoms with E-state index in [1.54, 1.807) is 47.0 Å². The van der Waals surface area contributed by atoms with E-state index in [1.165, 1.54) is 7.11 Å². The number of methoxy groups -OCH3 is 1. The zero-order valence-electron chi connectivity index (χ0n) is 17.8. The average Bonchev–Trinajstić information content (AvgIpc) is 3.10. The summed E-state index contributed by atoms with van der Waals surface area (Å²) in [6, 6.07) is 9.76. The van der Waals surface area contributed by atoms with Gasteiger partial charge in [-0.2, -0.15) is 0 Å². The van der Waals surface area contributed by atoms with Crippen LogP contribution >= 0.6 is 0 Å². The van der Waals surface area contributed by atoms with E-state index in [1.807, 2.05) is 31.2 Å². The fourth-order valence-electron chi connectivity index (χ4n) is 3.73. The van der Waals surface area contributed by atoms with Gasteiger partial charge in [-0.3, -0.25) is 14.1 Å². The largest absolute Gasteiger partial charge is 0.478 e. The standard InChI is InChI=1S/C23H20N6O3/c1-4-32-20-8-6-16(12-25-20)29-21-17-9-14(15-10-26-22(31-3)27-11-15)5-7-18(17)24-13-19(21)28(2)23(29)30/h5-13H,4H2,1-3H3. The predicted molar refractivity (Wildman–Crippen MR) is 120 cm³/mol. The van der Waals surface area contributed by atoms with Crippen molar-refractivity contribution in [2.24, 2.45) is 7.05 Å². The summed E-state index contributed by atoms with van der Waals surface area (Å²) >= 11 is 0. The van der Waals surface area contributed by atoms with Crippen molar-refractivity contribution in [3.05, 3.63) is 65.6 Å².